The van der Waals surface area contributed by atoms with Gasteiger partial charge in [-0.3, -0.25) is 0 Å². The maximum absolute atomic E-state index is 6.64. The van der Waals surface area contributed by atoms with E-state index in [9.17, 15) is 0 Å². The summed E-state index contributed by atoms with van der Waals surface area (Å²) in [5.74, 6) is 0. The largest absolute Gasteiger partial charge is 0.455 e. The van der Waals surface area contributed by atoms with E-state index in [1.165, 1.54) is 49.4 Å². The second-order valence-corrected chi connectivity index (χ2v) is 13.2. The van der Waals surface area contributed by atoms with E-state index in [0.29, 0.717) is 0 Å². The van der Waals surface area contributed by atoms with Crippen LogP contribution < -0.4 is 0 Å². The summed E-state index contributed by atoms with van der Waals surface area (Å²) in [5, 5.41) is 11.5. The Morgan fingerprint density at radius 2 is 0.800 bits per heavy atom. The van der Waals surface area contributed by atoms with Gasteiger partial charge in [0, 0.05) is 21.5 Å². The van der Waals surface area contributed by atoms with Crippen molar-refractivity contribution in [2.24, 2.45) is 0 Å². The van der Waals surface area contributed by atoms with Gasteiger partial charge in [0.25, 0.3) is 0 Å². The third-order valence-electron chi connectivity index (χ3n) is 10.4. The van der Waals surface area contributed by atoms with Crippen LogP contribution in [0.4, 0.5) is 0 Å². The van der Waals surface area contributed by atoms with Gasteiger partial charge in [-0.25, -0.2) is 0 Å². The average Bonchev–Trinajstić information content (AvgIpc) is 3.75. The van der Waals surface area contributed by atoms with Gasteiger partial charge in [0.15, 0.2) is 0 Å². The first-order valence-electron chi connectivity index (χ1n) is 17.1. The van der Waals surface area contributed by atoms with Crippen LogP contribution in [0.1, 0.15) is 0 Å². The van der Waals surface area contributed by atoms with Crippen LogP contribution in [0, 0.1) is 0 Å². The summed E-state index contributed by atoms with van der Waals surface area (Å²) in [5.41, 5.74) is 10.7. The Morgan fingerprint density at radius 3 is 1.52 bits per heavy atom. The predicted octanol–water partition coefficient (Wildman–Crippen LogP) is 13.9. The summed E-state index contributed by atoms with van der Waals surface area (Å²) in [4.78, 5) is 0. The minimum absolute atomic E-state index is 0.832. The second kappa shape index (κ2) is 10.4. The number of furan rings is 2. The van der Waals surface area contributed by atoms with Crippen molar-refractivity contribution in [3.8, 4) is 33.4 Å². The fraction of sp³-hybridized carbons (Fsp3) is 0. The summed E-state index contributed by atoms with van der Waals surface area (Å²) < 4.78 is 13.2. The van der Waals surface area contributed by atoms with Gasteiger partial charge >= 0.3 is 0 Å². The highest BCUT2D eigenvalue weighted by Crippen LogP contribution is 2.46. The zero-order chi connectivity index (χ0) is 32.8. The highest BCUT2D eigenvalue weighted by atomic mass is 16.3. The molecule has 2 heterocycles. The van der Waals surface area contributed by atoms with Crippen molar-refractivity contribution in [3.05, 3.63) is 170 Å². The Bertz CT molecular complexity index is 3080. The first-order valence-corrected chi connectivity index (χ1v) is 17.1. The maximum Gasteiger partial charge on any atom is 0.147 e. The van der Waals surface area contributed by atoms with Gasteiger partial charge in [-0.05, 0) is 90.6 Å². The Labute approximate surface area is 287 Å². The minimum atomic E-state index is 0.832. The van der Waals surface area contributed by atoms with E-state index in [-0.39, 0.29) is 0 Å². The molecule has 232 valence electrons. The van der Waals surface area contributed by atoms with Gasteiger partial charge in [0.05, 0.1) is 5.39 Å². The zero-order valence-corrected chi connectivity index (χ0v) is 27.0. The third kappa shape index (κ3) is 3.85. The molecule has 0 atom stereocenters. The van der Waals surface area contributed by atoms with Crippen molar-refractivity contribution in [1.82, 2.24) is 0 Å². The van der Waals surface area contributed by atoms with Crippen LogP contribution in [0.3, 0.4) is 0 Å². The van der Waals surface area contributed by atoms with Gasteiger partial charge in [-0.1, -0.05) is 140 Å². The highest BCUT2D eigenvalue weighted by molar-refractivity contribution is 6.27. The first-order chi connectivity index (χ1) is 24.8. The van der Waals surface area contributed by atoms with Crippen LogP contribution in [0.2, 0.25) is 0 Å². The maximum atomic E-state index is 6.64. The molecular weight excluding hydrogens is 609 g/mol. The van der Waals surface area contributed by atoms with Crippen LogP contribution in [0.15, 0.2) is 179 Å². The van der Waals surface area contributed by atoms with Gasteiger partial charge in [-0.2, -0.15) is 0 Å². The molecule has 0 fully saturated rings. The van der Waals surface area contributed by atoms with E-state index in [0.717, 1.165) is 60.2 Å². The molecule has 0 aliphatic heterocycles. The molecule has 0 radical (unpaired) electrons. The number of rotatable bonds is 3. The number of hydrogen-bond acceptors (Lipinski definition) is 2. The number of hydrogen-bond donors (Lipinski definition) is 0. The molecule has 0 saturated heterocycles. The average molecular weight is 637 g/mol. The summed E-state index contributed by atoms with van der Waals surface area (Å²) >= 11 is 0. The van der Waals surface area contributed by atoms with Crippen LogP contribution in [0.25, 0.3) is 110 Å². The third-order valence-corrected chi connectivity index (χ3v) is 10.4. The lowest BCUT2D eigenvalue weighted by atomic mass is 9.85. The second-order valence-electron chi connectivity index (χ2n) is 13.2. The van der Waals surface area contributed by atoms with E-state index in [2.05, 4.69) is 158 Å². The zero-order valence-electron chi connectivity index (χ0n) is 27.0. The molecule has 0 spiro atoms. The van der Waals surface area contributed by atoms with Crippen molar-refractivity contribution in [2.75, 3.05) is 0 Å². The van der Waals surface area contributed by atoms with E-state index in [4.69, 9.17) is 8.83 Å². The van der Waals surface area contributed by atoms with Gasteiger partial charge < -0.3 is 8.83 Å². The van der Waals surface area contributed by atoms with E-state index < -0.39 is 0 Å². The number of fused-ring (bicyclic) bond motifs is 11. The smallest absolute Gasteiger partial charge is 0.147 e. The van der Waals surface area contributed by atoms with Crippen LogP contribution in [0.5, 0.6) is 0 Å². The molecule has 0 amide bonds. The normalized spacial score (nSPS) is 12.0. The standard InChI is InChI=1S/C48H28O2/c1-2-13-29(14-3-1)44-34-19-5-7-21-36(34)45(37-22-8-6-20-35(37)44)31-16-12-15-30(27-31)40-28-41-46-43(50-47(41)38-23-9-4-17-32(38)40)26-25-39-33-18-10-11-24-42(33)49-48(39)46/h1-28H. The lowest BCUT2D eigenvalue weighted by Crippen LogP contribution is -1.91. The Balaban J connectivity index is 1.20. The van der Waals surface area contributed by atoms with E-state index in [1.807, 2.05) is 12.1 Å². The highest BCUT2D eigenvalue weighted by Gasteiger charge is 2.21. The van der Waals surface area contributed by atoms with E-state index in [1.54, 1.807) is 0 Å². The lowest BCUT2D eigenvalue weighted by molar-refractivity contribution is 0.665. The van der Waals surface area contributed by atoms with Gasteiger partial charge in [-0.15, -0.1) is 0 Å². The van der Waals surface area contributed by atoms with Gasteiger partial charge in [0.1, 0.15) is 22.3 Å². The molecule has 11 rings (SSSR count). The summed E-state index contributed by atoms with van der Waals surface area (Å²) in [6, 6.07) is 60.9. The minimum Gasteiger partial charge on any atom is -0.455 e. The lowest BCUT2D eigenvalue weighted by Gasteiger charge is -2.18. The van der Waals surface area contributed by atoms with Crippen LogP contribution in [-0.4, -0.2) is 0 Å². The molecular formula is C48H28O2. The number of para-hydroxylation sites is 1. The van der Waals surface area contributed by atoms with Crippen molar-refractivity contribution in [2.45, 2.75) is 0 Å². The molecule has 0 aliphatic carbocycles. The fourth-order valence-corrected chi connectivity index (χ4v) is 8.30. The van der Waals surface area contributed by atoms with Crippen molar-refractivity contribution >= 4 is 76.2 Å². The molecule has 9 aromatic carbocycles. The predicted molar refractivity (Wildman–Crippen MR) is 210 cm³/mol. The molecule has 0 aliphatic rings. The molecule has 0 N–H and O–H groups in total. The van der Waals surface area contributed by atoms with Crippen molar-refractivity contribution in [1.29, 1.82) is 0 Å². The Kier molecular flexibility index (Phi) is 5.70. The summed E-state index contributed by atoms with van der Waals surface area (Å²) in [6.45, 7) is 0. The Morgan fingerprint density at radius 1 is 0.280 bits per heavy atom. The molecule has 0 unspecified atom stereocenters. The molecule has 11 aromatic rings. The first kappa shape index (κ1) is 27.3. The number of benzene rings is 9. The monoisotopic (exact) mass is 636 g/mol. The fourth-order valence-electron chi connectivity index (χ4n) is 8.30. The molecule has 0 saturated carbocycles. The van der Waals surface area contributed by atoms with Crippen molar-refractivity contribution < 1.29 is 8.83 Å². The topological polar surface area (TPSA) is 26.3 Å². The molecule has 2 heteroatoms. The van der Waals surface area contributed by atoms with E-state index >= 15 is 0 Å². The Hall–Kier alpha value is -6.64. The summed E-state index contributed by atoms with van der Waals surface area (Å²) in [6.07, 6.45) is 0. The molecule has 2 nitrogen and oxygen atoms in total. The van der Waals surface area contributed by atoms with Crippen molar-refractivity contribution in [3.63, 3.8) is 0 Å². The van der Waals surface area contributed by atoms with Crippen LogP contribution in [-0.2, 0) is 0 Å². The van der Waals surface area contributed by atoms with Crippen LogP contribution >= 0.6 is 0 Å². The SMILES string of the molecule is c1ccc(-c2c3ccccc3c(-c3cccc(-c4cc5c(oc6ccc7c8ccccc8oc7c65)c5ccccc45)c3)c3ccccc23)cc1. The molecule has 2 aromatic heterocycles. The molecule has 50 heavy (non-hydrogen) atoms. The van der Waals surface area contributed by atoms with Gasteiger partial charge in [0.2, 0.25) is 0 Å². The quantitative estimate of drug-likeness (QED) is 0.180. The summed E-state index contributed by atoms with van der Waals surface area (Å²) in [7, 11) is 0. The molecule has 0 bridgehead atoms.